The van der Waals surface area contributed by atoms with E-state index < -0.39 is 0 Å². The number of rotatable bonds is 1. The molecule has 5 heteroatoms. The Balaban J connectivity index is 2.29. The summed E-state index contributed by atoms with van der Waals surface area (Å²) in [5, 5.41) is 1.35. The molecule has 0 N–H and O–H groups in total. The minimum absolute atomic E-state index is 0.412. The Labute approximate surface area is 129 Å². The Morgan fingerprint density at radius 3 is 2.79 bits per heavy atom. The summed E-state index contributed by atoms with van der Waals surface area (Å²) in [7, 11) is 0. The van der Waals surface area contributed by atoms with Crippen molar-refractivity contribution in [3.8, 4) is 11.4 Å². The number of nitrogens with zero attached hydrogens (tertiary/aromatic N) is 3. The molecule has 0 spiro atoms. The minimum Gasteiger partial charge on any atom is -0.242 e. The second-order valence-electron chi connectivity index (χ2n) is 4.14. The van der Waals surface area contributed by atoms with Gasteiger partial charge in [0.05, 0.1) is 0 Å². The van der Waals surface area contributed by atoms with Gasteiger partial charge in [-0.2, -0.15) is 0 Å². The molecule has 94 valence electrons. The van der Waals surface area contributed by atoms with Crippen LogP contribution >= 0.6 is 34.2 Å². The molecule has 3 rings (SSSR count). The van der Waals surface area contributed by atoms with Crippen LogP contribution in [-0.4, -0.2) is 15.0 Å². The molecule has 3 nitrogen and oxygen atoms in total. The highest BCUT2D eigenvalue weighted by molar-refractivity contribution is 14.1. The van der Waals surface area contributed by atoms with Crippen molar-refractivity contribution in [1.29, 1.82) is 0 Å². The molecule has 0 aliphatic rings. The van der Waals surface area contributed by atoms with Gasteiger partial charge in [-0.3, -0.25) is 0 Å². The van der Waals surface area contributed by atoms with Crippen molar-refractivity contribution in [1.82, 2.24) is 15.0 Å². The van der Waals surface area contributed by atoms with Crippen LogP contribution in [0.5, 0.6) is 0 Å². The first-order valence-electron chi connectivity index (χ1n) is 5.70. The van der Waals surface area contributed by atoms with Crippen LogP contribution in [0.4, 0.5) is 0 Å². The summed E-state index contributed by atoms with van der Waals surface area (Å²) < 4.78 is 1.15. The number of benzene rings is 1. The number of hydrogen-bond acceptors (Lipinski definition) is 3. The molecule has 0 amide bonds. The van der Waals surface area contributed by atoms with Gasteiger partial charge in [-0.05, 0) is 47.7 Å². The molecule has 0 unspecified atom stereocenters. The lowest BCUT2D eigenvalue weighted by Crippen LogP contribution is -1.95. The van der Waals surface area contributed by atoms with Crippen LogP contribution in [0, 0.1) is 10.5 Å². The van der Waals surface area contributed by atoms with Crippen molar-refractivity contribution in [2.24, 2.45) is 0 Å². The van der Waals surface area contributed by atoms with E-state index in [0.29, 0.717) is 16.5 Å². The number of aryl methyl sites for hydroxylation is 1. The molecule has 19 heavy (non-hydrogen) atoms. The largest absolute Gasteiger partial charge is 0.242 e. The molecular formula is C14H9ClIN3. The number of halogens is 2. The van der Waals surface area contributed by atoms with Gasteiger partial charge >= 0.3 is 0 Å². The van der Waals surface area contributed by atoms with Crippen LogP contribution in [0.25, 0.3) is 22.3 Å². The van der Waals surface area contributed by atoms with Gasteiger partial charge in [0, 0.05) is 26.4 Å². The Hall–Kier alpha value is -1.27. The number of aromatic nitrogens is 3. The lowest BCUT2D eigenvalue weighted by Gasteiger charge is -2.06. The van der Waals surface area contributed by atoms with Crippen molar-refractivity contribution >= 4 is 45.1 Å². The smallest absolute Gasteiger partial charge is 0.160 e. The van der Waals surface area contributed by atoms with E-state index in [9.17, 15) is 0 Å². The highest BCUT2D eigenvalue weighted by atomic mass is 127. The zero-order valence-electron chi connectivity index (χ0n) is 10.1. The molecule has 3 aromatic rings. The molecule has 0 saturated carbocycles. The number of pyridine rings is 1. The van der Waals surface area contributed by atoms with Crippen LogP contribution in [-0.2, 0) is 0 Å². The first-order chi connectivity index (χ1) is 9.15. The summed E-state index contributed by atoms with van der Waals surface area (Å²) in [4.78, 5) is 13.2. The Kier molecular flexibility index (Phi) is 3.36. The molecular weight excluding hydrogens is 373 g/mol. The van der Waals surface area contributed by atoms with Gasteiger partial charge < -0.3 is 0 Å². The first-order valence-corrected chi connectivity index (χ1v) is 7.15. The van der Waals surface area contributed by atoms with E-state index in [2.05, 4.69) is 37.5 Å². The number of hydrogen-bond donors (Lipinski definition) is 0. The van der Waals surface area contributed by atoms with E-state index in [1.807, 2.05) is 37.3 Å². The SMILES string of the molecule is Cc1nc(-c2cccc(I)c2)nc2c(Cl)nccc12. The third-order valence-corrected chi connectivity index (χ3v) is 3.79. The van der Waals surface area contributed by atoms with Gasteiger partial charge in [0.25, 0.3) is 0 Å². The van der Waals surface area contributed by atoms with Crippen LogP contribution < -0.4 is 0 Å². The van der Waals surface area contributed by atoms with E-state index in [1.165, 1.54) is 0 Å². The van der Waals surface area contributed by atoms with E-state index in [-0.39, 0.29) is 0 Å². The standard InChI is InChI=1S/C14H9ClIN3/c1-8-11-5-6-17-13(15)12(11)19-14(18-8)9-3-2-4-10(16)7-9/h2-7H,1H3. The maximum atomic E-state index is 6.12. The van der Waals surface area contributed by atoms with Crippen LogP contribution in [0.3, 0.4) is 0 Å². The van der Waals surface area contributed by atoms with Gasteiger partial charge in [-0.15, -0.1) is 0 Å². The predicted molar refractivity (Wildman–Crippen MR) is 85.2 cm³/mol. The van der Waals surface area contributed by atoms with E-state index in [4.69, 9.17) is 11.6 Å². The molecule has 0 saturated heterocycles. The van der Waals surface area contributed by atoms with Gasteiger partial charge in [0.15, 0.2) is 11.0 Å². The molecule has 0 fully saturated rings. The zero-order valence-corrected chi connectivity index (χ0v) is 13.0. The second kappa shape index (κ2) is 5.02. The Morgan fingerprint density at radius 1 is 1.16 bits per heavy atom. The minimum atomic E-state index is 0.412. The Morgan fingerprint density at radius 2 is 2.00 bits per heavy atom. The molecule has 0 aliphatic heterocycles. The molecule has 2 heterocycles. The van der Waals surface area contributed by atoms with E-state index >= 15 is 0 Å². The zero-order chi connectivity index (χ0) is 13.4. The van der Waals surface area contributed by atoms with Gasteiger partial charge in [0.1, 0.15) is 5.52 Å². The molecule has 2 aromatic heterocycles. The third kappa shape index (κ3) is 2.42. The van der Waals surface area contributed by atoms with Crippen molar-refractivity contribution in [2.45, 2.75) is 6.92 Å². The summed E-state index contributed by atoms with van der Waals surface area (Å²) in [5.74, 6) is 0.679. The average molecular weight is 382 g/mol. The maximum absolute atomic E-state index is 6.12. The normalized spacial score (nSPS) is 10.9. The van der Waals surface area contributed by atoms with Gasteiger partial charge in [0.2, 0.25) is 0 Å². The average Bonchev–Trinajstić information content (AvgIpc) is 2.40. The summed E-state index contributed by atoms with van der Waals surface area (Å²) in [6, 6.07) is 9.95. The first kappa shape index (κ1) is 12.7. The van der Waals surface area contributed by atoms with E-state index in [0.717, 1.165) is 20.2 Å². The van der Waals surface area contributed by atoms with Crippen molar-refractivity contribution in [2.75, 3.05) is 0 Å². The van der Waals surface area contributed by atoms with E-state index in [1.54, 1.807) is 6.20 Å². The highest BCUT2D eigenvalue weighted by Crippen LogP contribution is 2.25. The fraction of sp³-hybridized carbons (Fsp3) is 0.0714. The third-order valence-electron chi connectivity index (χ3n) is 2.84. The van der Waals surface area contributed by atoms with Gasteiger partial charge in [-0.25, -0.2) is 15.0 Å². The van der Waals surface area contributed by atoms with Crippen molar-refractivity contribution in [3.63, 3.8) is 0 Å². The summed E-state index contributed by atoms with van der Waals surface area (Å²) in [6.07, 6.45) is 1.67. The quantitative estimate of drug-likeness (QED) is 0.467. The van der Waals surface area contributed by atoms with Crippen molar-refractivity contribution < 1.29 is 0 Å². The van der Waals surface area contributed by atoms with Crippen LogP contribution in [0.1, 0.15) is 5.69 Å². The fourth-order valence-corrected chi connectivity index (χ4v) is 2.68. The lowest BCUT2D eigenvalue weighted by molar-refractivity contribution is 1.15. The molecule has 0 bridgehead atoms. The summed E-state index contributed by atoms with van der Waals surface area (Å²) in [5.41, 5.74) is 2.59. The van der Waals surface area contributed by atoms with Gasteiger partial charge in [-0.1, -0.05) is 23.7 Å². The lowest BCUT2D eigenvalue weighted by atomic mass is 10.2. The molecule has 0 atom stereocenters. The topological polar surface area (TPSA) is 38.7 Å². The summed E-state index contributed by atoms with van der Waals surface area (Å²) >= 11 is 8.39. The predicted octanol–water partition coefficient (Wildman–Crippen LogP) is 4.26. The molecule has 0 radical (unpaired) electrons. The maximum Gasteiger partial charge on any atom is 0.160 e. The second-order valence-corrected chi connectivity index (χ2v) is 5.74. The summed E-state index contributed by atoms with van der Waals surface area (Å²) in [6.45, 7) is 1.96. The molecule has 0 aliphatic carbocycles. The molecule has 1 aromatic carbocycles. The fourth-order valence-electron chi connectivity index (χ4n) is 1.93. The number of fused-ring (bicyclic) bond motifs is 1. The van der Waals surface area contributed by atoms with Crippen LogP contribution in [0.2, 0.25) is 5.15 Å². The van der Waals surface area contributed by atoms with Crippen LogP contribution in [0.15, 0.2) is 36.5 Å². The Bertz CT molecular complexity index is 774. The van der Waals surface area contributed by atoms with Crippen molar-refractivity contribution in [3.05, 3.63) is 50.9 Å². The monoisotopic (exact) mass is 381 g/mol. The highest BCUT2D eigenvalue weighted by Gasteiger charge is 2.09.